The van der Waals surface area contributed by atoms with E-state index in [0.717, 1.165) is 30.2 Å². The molecule has 0 unspecified atom stereocenters. The molecule has 2 rings (SSSR count). The number of hydrogen-bond donors (Lipinski definition) is 0. The fraction of sp³-hybridized carbons (Fsp3) is 0.333. The van der Waals surface area contributed by atoms with Crippen LogP contribution >= 0.6 is 12.2 Å². The summed E-state index contributed by atoms with van der Waals surface area (Å²) in [6.45, 7) is 1.02. The van der Waals surface area contributed by atoms with Crippen LogP contribution < -0.4 is 4.90 Å². The summed E-state index contributed by atoms with van der Waals surface area (Å²) in [6.07, 6.45) is 4.00. The largest absolute Gasteiger partial charge is 0.321 e. The molecule has 0 bridgehead atoms. The molecule has 0 saturated carbocycles. The molecule has 0 aromatic carbocycles. The molecule has 3 heteroatoms. The van der Waals surface area contributed by atoms with Gasteiger partial charge in [0, 0.05) is 12.7 Å². The summed E-state index contributed by atoms with van der Waals surface area (Å²) in [5.74, 6) is 0.986. The molecule has 0 spiro atoms. The molecular formula is C9H10N2S. The van der Waals surface area contributed by atoms with Gasteiger partial charge in [0.15, 0.2) is 0 Å². The summed E-state index contributed by atoms with van der Waals surface area (Å²) in [5, 5.41) is 0. The van der Waals surface area contributed by atoms with Gasteiger partial charge in [-0.1, -0.05) is 18.3 Å². The van der Waals surface area contributed by atoms with Crippen molar-refractivity contribution >= 4 is 23.0 Å². The monoisotopic (exact) mass is 178 g/mol. The van der Waals surface area contributed by atoms with E-state index >= 15 is 0 Å². The average Bonchev–Trinajstić information content (AvgIpc) is 2.53. The summed E-state index contributed by atoms with van der Waals surface area (Å²) < 4.78 is 0. The van der Waals surface area contributed by atoms with Crippen LogP contribution in [0.5, 0.6) is 0 Å². The third-order valence-corrected chi connectivity index (χ3v) is 2.42. The second-order valence-corrected chi connectivity index (χ2v) is 3.31. The van der Waals surface area contributed by atoms with E-state index in [4.69, 9.17) is 12.2 Å². The highest BCUT2D eigenvalue weighted by molar-refractivity contribution is 7.80. The van der Waals surface area contributed by atoms with E-state index in [2.05, 4.69) is 9.88 Å². The molecule has 0 atom stereocenters. The standard InChI is InChI=1S/C9H10N2S/c12-9-5-3-7-11(9)8-4-1-2-6-10-8/h1-2,4,6H,3,5,7H2. The zero-order valence-electron chi connectivity index (χ0n) is 6.73. The van der Waals surface area contributed by atoms with Gasteiger partial charge >= 0.3 is 0 Å². The van der Waals surface area contributed by atoms with Gasteiger partial charge in [-0.25, -0.2) is 4.98 Å². The Hall–Kier alpha value is -0.960. The van der Waals surface area contributed by atoms with Gasteiger partial charge in [0.05, 0.1) is 4.99 Å². The first-order valence-electron chi connectivity index (χ1n) is 4.09. The Bertz CT molecular complexity index is 284. The number of hydrogen-bond acceptors (Lipinski definition) is 2. The molecule has 2 heterocycles. The molecule has 0 N–H and O–H groups in total. The van der Waals surface area contributed by atoms with Crippen LogP contribution in [0.1, 0.15) is 12.8 Å². The quantitative estimate of drug-likeness (QED) is 0.612. The lowest BCUT2D eigenvalue weighted by Crippen LogP contribution is -2.22. The summed E-state index contributed by atoms with van der Waals surface area (Å²) in [5.41, 5.74) is 0. The molecule has 0 aliphatic carbocycles. The minimum absolute atomic E-state index is 0.986. The van der Waals surface area contributed by atoms with Gasteiger partial charge in [-0.3, -0.25) is 0 Å². The molecule has 1 aliphatic rings. The Kier molecular flexibility index (Phi) is 2.04. The molecular weight excluding hydrogens is 168 g/mol. The fourth-order valence-electron chi connectivity index (χ4n) is 1.40. The van der Waals surface area contributed by atoms with Crippen molar-refractivity contribution in [3.05, 3.63) is 24.4 Å². The van der Waals surface area contributed by atoms with Crippen molar-refractivity contribution < 1.29 is 0 Å². The lowest BCUT2D eigenvalue weighted by Gasteiger charge is -2.15. The van der Waals surface area contributed by atoms with Crippen LogP contribution in [-0.2, 0) is 0 Å². The lowest BCUT2D eigenvalue weighted by atomic mass is 10.4. The highest BCUT2D eigenvalue weighted by Gasteiger charge is 2.18. The first-order chi connectivity index (χ1) is 5.88. The maximum absolute atomic E-state index is 5.21. The number of pyridine rings is 1. The number of rotatable bonds is 1. The van der Waals surface area contributed by atoms with Crippen LogP contribution in [0, 0.1) is 0 Å². The third kappa shape index (κ3) is 1.32. The highest BCUT2D eigenvalue weighted by atomic mass is 32.1. The fourth-order valence-corrected chi connectivity index (χ4v) is 1.73. The molecule has 1 aromatic heterocycles. The van der Waals surface area contributed by atoms with Crippen LogP contribution in [0.15, 0.2) is 24.4 Å². The maximum atomic E-state index is 5.21. The smallest absolute Gasteiger partial charge is 0.133 e. The van der Waals surface area contributed by atoms with Gasteiger partial charge in [-0.05, 0) is 25.0 Å². The van der Waals surface area contributed by atoms with Crippen molar-refractivity contribution in [3.63, 3.8) is 0 Å². The minimum Gasteiger partial charge on any atom is -0.321 e. The second-order valence-electron chi connectivity index (χ2n) is 2.84. The van der Waals surface area contributed by atoms with E-state index in [0.29, 0.717) is 0 Å². The Morgan fingerprint density at radius 1 is 1.42 bits per heavy atom. The van der Waals surface area contributed by atoms with Gasteiger partial charge in [-0.2, -0.15) is 0 Å². The van der Waals surface area contributed by atoms with Crippen molar-refractivity contribution in [3.8, 4) is 0 Å². The van der Waals surface area contributed by atoms with E-state index in [1.807, 2.05) is 18.2 Å². The van der Waals surface area contributed by atoms with Gasteiger partial charge in [0.25, 0.3) is 0 Å². The Morgan fingerprint density at radius 2 is 2.33 bits per heavy atom. The molecule has 2 nitrogen and oxygen atoms in total. The Labute approximate surface area is 77.2 Å². The summed E-state index contributed by atoms with van der Waals surface area (Å²) in [6, 6.07) is 5.91. The number of thiocarbonyl (C=S) groups is 1. The number of anilines is 1. The highest BCUT2D eigenvalue weighted by Crippen LogP contribution is 2.18. The minimum atomic E-state index is 0.986. The van der Waals surface area contributed by atoms with E-state index in [1.54, 1.807) is 6.20 Å². The first-order valence-corrected chi connectivity index (χ1v) is 4.50. The second kappa shape index (κ2) is 3.19. The van der Waals surface area contributed by atoms with Crippen molar-refractivity contribution in [2.24, 2.45) is 0 Å². The van der Waals surface area contributed by atoms with E-state index < -0.39 is 0 Å². The first kappa shape index (κ1) is 7.68. The molecule has 62 valence electrons. The van der Waals surface area contributed by atoms with E-state index in [9.17, 15) is 0 Å². The average molecular weight is 178 g/mol. The molecule has 1 aliphatic heterocycles. The number of aromatic nitrogens is 1. The molecule has 0 amide bonds. The van der Waals surface area contributed by atoms with Crippen LogP contribution in [0.4, 0.5) is 5.82 Å². The summed E-state index contributed by atoms with van der Waals surface area (Å²) >= 11 is 5.21. The topological polar surface area (TPSA) is 16.1 Å². The predicted octanol–water partition coefficient (Wildman–Crippen LogP) is 2.01. The van der Waals surface area contributed by atoms with Gasteiger partial charge in [-0.15, -0.1) is 0 Å². The lowest BCUT2D eigenvalue weighted by molar-refractivity contribution is 0.945. The van der Waals surface area contributed by atoms with Crippen molar-refractivity contribution in [2.45, 2.75) is 12.8 Å². The van der Waals surface area contributed by atoms with Crippen LogP contribution in [0.25, 0.3) is 0 Å². The van der Waals surface area contributed by atoms with Gasteiger partial charge in [0.1, 0.15) is 5.82 Å². The molecule has 1 fully saturated rings. The molecule has 1 aromatic rings. The maximum Gasteiger partial charge on any atom is 0.133 e. The molecule has 1 saturated heterocycles. The Balaban J connectivity index is 2.25. The van der Waals surface area contributed by atoms with Crippen LogP contribution in [0.3, 0.4) is 0 Å². The SMILES string of the molecule is S=C1CCCN1c1ccccn1. The van der Waals surface area contributed by atoms with E-state index in [-0.39, 0.29) is 0 Å². The van der Waals surface area contributed by atoms with Crippen LogP contribution in [0.2, 0.25) is 0 Å². The van der Waals surface area contributed by atoms with Crippen molar-refractivity contribution in [1.29, 1.82) is 0 Å². The van der Waals surface area contributed by atoms with Crippen LogP contribution in [-0.4, -0.2) is 16.5 Å². The third-order valence-electron chi connectivity index (χ3n) is 2.00. The van der Waals surface area contributed by atoms with Gasteiger partial charge < -0.3 is 4.90 Å². The zero-order valence-corrected chi connectivity index (χ0v) is 7.55. The van der Waals surface area contributed by atoms with Crippen molar-refractivity contribution in [1.82, 2.24) is 4.98 Å². The van der Waals surface area contributed by atoms with E-state index in [1.165, 1.54) is 0 Å². The molecule has 0 radical (unpaired) electrons. The number of nitrogens with zero attached hydrogens (tertiary/aromatic N) is 2. The summed E-state index contributed by atoms with van der Waals surface area (Å²) in [7, 11) is 0. The Morgan fingerprint density at radius 3 is 2.92 bits per heavy atom. The zero-order chi connectivity index (χ0) is 8.39. The molecule has 12 heavy (non-hydrogen) atoms. The normalized spacial score (nSPS) is 17.0. The van der Waals surface area contributed by atoms with Gasteiger partial charge in [0.2, 0.25) is 0 Å². The van der Waals surface area contributed by atoms with Crippen molar-refractivity contribution in [2.75, 3.05) is 11.4 Å². The predicted molar refractivity (Wildman–Crippen MR) is 53.4 cm³/mol. The summed E-state index contributed by atoms with van der Waals surface area (Å²) in [4.78, 5) is 7.38.